The van der Waals surface area contributed by atoms with Crippen LogP contribution in [0.1, 0.15) is 189 Å². The van der Waals surface area contributed by atoms with Gasteiger partial charge in [0.25, 0.3) is 0 Å². The highest BCUT2D eigenvalue weighted by Crippen LogP contribution is 2.34. The molecule has 1 atom stereocenters. The number of aliphatic imine (C=N–C) groups is 2. The maximum absolute atomic E-state index is 7.09. The normalized spacial score (nSPS) is 22.2. The molecule has 0 saturated carbocycles. The second-order valence-electron chi connectivity index (χ2n) is 20.2. The molecular weight excluding hydrogens is 615 g/mol. The first-order valence-corrected chi connectivity index (χ1v) is 20.8. The fourth-order valence-electron chi connectivity index (χ4n) is 9.33. The number of unbranched alkanes of at least 4 members (excludes halogenated alkanes) is 3. The van der Waals surface area contributed by atoms with E-state index in [1.165, 1.54) is 38.6 Å². The summed E-state index contributed by atoms with van der Waals surface area (Å²) in [4.78, 5) is 15.8. The third-order valence-corrected chi connectivity index (χ3v) is 10.7. The van der Waals surface area contributed by atoms with Crippen LogP contribution in [0.4, 0.5) is 0 Å². The number of amidine groups is 1. The largest absolute Gasteiger partial charge is 0.369 e. The molecule has 7 nitrogen and oxygen atoms in total. The minimum atomic E-state index is -0.177. The van der Waals surface area contributed by atoms with Gasteiger partial charge in [-0.25, -0.2) is 4.99 Å². The molecular formula is C43H89N7. The molecule has 0 aromatic heterocycles. The molecule has 0 spiro atoms. The Morgan fingerprint density at radius 1 is 0.700 bits per heavy atom. The molecule has 50 heavy (non-hydrogen) atoms. The molecule has 2 saturated heterocycles. The van der Waals surface area contributed by atoms with Crippen LogP contribution in [0.2, 0.25) is 0 Å². The lowest BCUT2D eigenvalue weighted by molar-refractivity contribution is 0.0465. The number of nitrogens with two attached hydrogens (primary N) is 1. The van der Waals surface area contributed by atoms with Crippen LogP contribution in [0.5, 0.6) is 0 Å². The molecule has 0 aliphatic carbocycles. The molecule has 296 valence electrons. The van der Waals surface area contributed by atoms with Gasteiger partial charge in [-0.05, 0) is 146 Å². The molecule has 0 amide bonds. The van der Waals surface area contributed by atoms with Gasteiger partial charge in [-0.1, -0.05) is 61.3 Å². The van der Waals surface area contributed by atoms with Crippen molar-refractivity contribution in [2.75, 3.05) is 13.1 Å². The van der Waals surface area contributed by atoms with Crippen molar-refractivity contribution in [1.29, 1.82) is 0 Å². The second-order valence-corrected chi connectivity index (χ2v) is 20.2. The number of nitrogens with zero attached hydrogens (tertiary/aromatic N) is 4. The van der Waals surface area contributed by atoms with Gasteiger partial charge in [0.2, 0.25) is 0 Å². The zero-order valence-electron chi connectivity index (χ0n) is 37.1. The third kappa shape index (κ3) is 16.2. The van der Waals surface area contributed by atoms with E-state index >= 15 is 0 Å². The highest BCUT2D eigenvalue weighted by Gasteiger charge is 2.42. The quantitative estimate of drug-likeness (QED) is 0.0899. The van der Waals surface area contributed by atoms with E-state index in [0.29, 0.717) is 35.9 Å². The summed E-state index contributed by atoms with van der Waals surface area (Å²) in [6, 6.07) is 1.53. The first-order chi connectivity index (χ1) is 22.7. The highest BCUT2D eigenvalue weighted by atomic mass is 15.3. The lowest BCUT2D eigenvalue weighted by atomic mass is 9.78. The van der Waals surface area contributed by atoms with Crippen LogP contribution in [-0.4, -0.2) is 80.5 Å². The van der Waals surface area contributed by atoms with Gasteiger partial charge >= 0.3 is 0 Å². The molecule has 0 radical (unpaired) electrons. The smallest absolute Gasteiger partial charge is 0.197 e. The molecule has 2 rings (SSSR count). The van der Waals surface area contributed by atoms with Crippen LogP contribution >= 0.6 is 0 Å². The van der Waals surface area contributed by atoms with E-state index in [4.69, 9.17) is 15.7 Å². The molecule has 1 unspecified atom stereocenters. The summed E-state index contributed by atoms with van der Waals surface area (Å²) in [5.41, 5.74) is 7.32. The summed E-state index contributed by atoms with van der Waals surface area (Å²) in [6.45, 7) is 45.5. The van der Waals surface area contributed by atoms with Crippen LogP contribution in [0.25, 0.3) is 0 Å². The number of guanidine groups is 1. The van der Waals surface area contributed by atoms with Crippen molar-refractivity contribution in [3.63, 3.8) is 0 Å². The van der Waals surface area contributed by atoms with Crippen LogP contribution in [0.15, 0.2) is 9.98 Å². The van der Waals surface area contributed by atoms with Crippen LogP contribution in [0.3, 0.4) is 0 Å². The Bertz CT molecular complexity index is 1020. The first-order valence-electron chi connectivity index (χ1n) is 20.8. The van der Waals surface area contributed by atoms with Crippen molar-refractivity contribution in [3.05, 3.63) is 0 Å². The summed E-state index contributed by atoms with van der Waals surface area (Å²) in [7, 11) is 0. The average Bonchev–Trinajstić information content (AvgIpc) is 2.90. The van der Waals surface area contributed by atoms with Crippen LogP contribution in [0, 0.1) is 17.8 Å². The minimum absolute atomic E-state index is 0.0322. The zero-order chi connectivity index (χ0) is 38.9. The molecule has 0 aromatic carbocycles. The SMILES string of the molecule is CC.CC(C)CC(C)(C)N=C(N=C(N)N(CCCCCCN(C(C)C)C1CC(C)(C)NC(C)(C)C1)C1CC(C)(C)NC(C)(C)C1)C(C)C(C)C. The number of hydrogen-bond acceptors (Lipinski definition) is 4. The monoisotopic (exact) mass is 704 g/mol. The topological polar surface area (TPSA) is 81.3 Å². The summed E-state index contributed by atoms with van der Waals surface area (Å²) in [5, 5.41) is 7.76. The van der Waals surface area contributed by atoms with Gasteiger partial charge in [0.15, 0.2) is 5.96 Å². The molecule has 2 aliphatic heterocycles. The maximum Gasteiger partial charge on any atom is 0.197 e. The first kappa shape index (κ1) is 46.8. The van der Waals surface area contributed by atoms with Gasteiger partial charge in [-0.2, -0.15) is 0 Å². The fraction of sp³-hybridized carbons (Fsp3) is 0.953. The Morgan fingerprint density at radius 2 is 1.12 bits per heavy atom. The number of nitrogens with one attached hydrogen (secondary N) is 2. The van der Waals surface area contributed by atoms with E-state index in [1.807, 2.05) is 13.8 Å². The van der Waals surface area contributed by atoms with Gasteiger partial charge < -0.3 is 21.3 Å². The fourth-order valence-corrected chi connectivity index (χ4v) is 9.33. The van der Waals surface area contributed by atoms with Crippen molar-refractivity contribution in [1.82, 2.24) is 20.4 Å². The van der Waals surface area contributed by atoms with E-state index in [9.17, 15) is 0 Å². The predicted octanol–water partition coefficient (Wildman–Crippen LogP) is 10.0. The van der Waals surface area contributed by atoms with E-state index in [0.717, 1.165) is 38.1 Å². The second kappa shape index (κ2) is 19.2. The van der Waals surface area contributed by atoms with Crippen molar-refractivity contribution in [2.45, 2.75) is 235 Å². The van der Waals surface area contributed by atoms with Crippen LogP contribution < -0.4 is 16.4 Å². The maximum atomic E-state index is 7.09. The Hall–Kier alpha value is -1.18. The molecule has 2 heterocycles. The van der Waals surface area contributed by atoms with E-state index in [1.54, 1.807) is 0 Å². The Balaban J connectivity index is 0.00000613. The molecule has 2 aliphatic rings. The zero-order valence-corrected chi connectivity index (χ0v) is 37.1. The number of hydrogen-bond donors (Lipinski definition) is 3. The molecule has 0 bridgehead atoms. The number of rotatable bonds is 15. The van der Waals surface area contributed by atoms with Gasteiger partial charge in [0.1, 0.15) is 5.84 Å². The Kier molecular flexibility index (Phi) is 18.0. The van der Waals surface area contributed by atoms with Gasteiger partial charge in [-0.3, -0.25) is 9.89 Å². The molecule has 4 N–H and O–H groups in total. The minimum Gasteiger partial charge on any atom is -0.369 e. The van der Waals surface area contributed by atoms with Crippen LogP contribution in [-0.2, 0) is 0 Å². The van der Waals surface area contributed by atoms with Crippen molar-refractivity contribution < 1.29 is 0 Å². The number of piperidine rings is 2. The molecule has 0 aromatic rings. The van der Waals surface area contributed by atoms with Gasteiger partial charge in [0, 0.05) is 52.7 Å². The predicted molar refractivity (Wildman–Crippen MR) is 224 cm³/mol. The van der Waals surface area contributed by atoms with Crippen molar-refractivity contribution in [2.24, 2.45) is 33.5 Å². The summed E-state index contributed by atoms with van der Waals surface area (Å²) < 4.78 is 0. The van der Waals surface area contributed by atoms with Gasteiger partial charge in [0.05, 0.1) is 5.54 Å². The standard InChI is InChI=1S/C41H83N7.C2H6/c1-29(2)24-37(8,9)44-35(32(7)30(3)4)43-36(42)48(34-27-40(14,15)46-41(16,17)28-34)23-21-19-18-20-22-47(31(5)6)33-25-38(10,11)45-39(12,13)26-33;1-2/h29-34,45-46H,18-28H2,1-17H3,(H2,42,43,44);1-2H3. The van der Waals surface area contributed by atoms with Crippen molar-refractivity contribution >= 4 is 11.8 Å². The van der Waals surface area contributed by atoms with Gasteiger partial charge in [-0.15, -0.1) is 0 Å². The third-order valence-electron chi connectivity index (χ3n) is 10.7. The van der Waals surface area contributed by atoms with E-state index in [2.05, 4.69) is 138 Å². The Morgan fingerprint density at radius 3 is 1.52 bits per heavy atom. The molecule has 2 fully saturated rings. The van der Waals surface area contributed by atoms with E-state index in [-0.39, 0.29) is 33.6 Å². The van der Waals surface area contributed by atoms with E-state index < -0.39 is 0 Å². The lowest BCUT2D eigenvalue weighted by Crippen LogP contribution is -2.63. The Labute approximate surface area is 313 Å². The summed E-state index contributed by atoms with van der Waals surface area (Å²) in [5.74, 6) is 2.80. The summed E-state index contributed by atoms with van der Waals surface area (Å²) in [6.07, 6.45) is 10.4. The average molecular weight is 704 g/mol. The highest BCUT2D eigenvalue weighted by molar-refractivity contribution is 5.96. The molecule has 7 heteroatoms. The van der Waals surface area contributed by atoms with Crippen molar-refractivity contribution in [3.8, 4) is 0 Å². The lowest BCUT2D eigenvalue weighted by Gasteiger charge is -2.50. The summed E-state index contributed by atoms with van der Waals surface area (Å²) >= 11 is 0.